The molecular formula is C20H24Cl2N2O4S. The lowest BCUT2D eigenvalue weighted by Crippen LogP contribution is -2.25. The lowest BCUT2D eigenvalue weighted by Gasteiger charge is -2.10. The lowest BCUT2D eigenvalue weighted by atomic mass is 10.2. The maximum atomic E-state index is 12.3. The minimum absolute atomic E-state index is 0.148. The summed E-state index contributed by atoms with van der Waals surface area (Å²) in [5.74, 6) is -0.0571. The number of sulfonamides is 1. The van der Waals surface area contributed by atoms with Gasteiger partial charge in [-0.2, -0.15) is 0 Å². The number of nitrogens with one attached hydrogen (secondary N) is 2. The van der Waals surface area contributed by atoms with Gasteiger partial charge in [0, 0.05) is 17.3 Å². The van der Waals surface area contributed by atoms with Crippen molar-refractivity contribution in [1.82, 2.24) is 4.72 Å². The molecule has 0 atom stereocenters. The second-order valence-electron chi connectivity index (χ2n) is 6.39. The summed E-state index contributed by atoms with van der Waals surface area (Å²) in [7, 11) is -3.56. The molecule has 6 nitrogen and oxygen atoms in total. The number of amides is 1. The van der Waals surface area contributed by atoms with Gasteiger partial charge in [0.1, 0.15) is 5.75 Å². The maximum Gasteiger partial charge on any atom is 0.262 e. The van der Waals surface area contributed by atoms with Crippen LogP contribution in [0.1, 0.15) is 32.6 Å². The van der Waals surface area contributed by atoms with E-state index < -0.39 is 15.9 Å². The van der Waals surface area contributed by atoms with Gasteiger partial charge in [-0.25, -0.2) is 13.1 Å². The summed E-state index contributed by atoms with van der Waals surface area (Å²) in [5, 5.41) is 3.42. The summed E-state index contributed by atoms with van der Waals surface area (Å²) in [4.78, 5) is 12.2. The molecule has 2 N–H and O–H groups in total. The van der Waals surface area contributed by atoms with E-state index in [1.807, 2.05) is 0 Å². The molecule has 0 unspecified atom stereocenters. The molecule has 0 spiro atoms. The third kappa shape index (κ3) is 7.85. The van der Waals surface area contributed by atoms with E-state index >= 15 is 0 Å². The molecule has 0 bridgehead atoms. The second-order valence-corrected chi connectivity index (χ2v) is 9.00. The van der Waals surface area contributed by atoms with Crippen molar-refractivity contribution in [3.63, 3.8) is 0 Å². The fourth-order valence-corrected chi connectivity index (χ4v) is 4.03. The van der Waals surface area contributed by atoms with E-state index in [4.69, 9.17) is 27.9 Å². The molecule has 0 aliphatic heterocycles. The Morgan fingerprint density at radius 3 is 2.41 bits per heavy atom. The first-order chi connectivity index (χ1) is 13.8. The Balaban J connectivity index is 1.85. The van der Waals surface area contributed by atoms with Crippen LogP contribution in [-0.4, -0.2) is 27.5 Å². The van der Waals surface area contributed by atoms with Crippen molar-refractivity contribution in [3.8, 4) is 5.75 Å². The zero-order valence-electron chi connectivity index (χ0n) is 16.1. The van der Waals surface area contributed by atoms with Crippen molar-refractivity contribution in [2.75, 3.05) is 18.5 Å². The van der Waals surface area contributed by atoms with Gasteiger partial charge in [0.2, 0.25) is 10.0 Å². The van der Waals surface area contributed by atoms with E-state index in [-0.39, 0.29) is 11.5 Å². The molecule has 2 aromatic rings. The Hall–Kier alpha value is -1.80. The first kappa shape index (κ1) is 23.5. The Kier molecular flexibility index (Phi) is 9.23. The highest BCUT2D eigenvalue weighted by Gasteiger charge is 2.13. The first-order valence-electron chi connectivity index (χ1n) is 9.29. The number of anilines is 1. The topological polar surface area (TPSA) is 84.5 Å². The van der Waals surface area contributed by atoms with Gasteiger partial charge in [-0.3, -0.25) is 4.79 Å². The van der Waals surface area contributed by atoms with E-state index in [2.05, 4.69) is 17.0 Å². The maximum absolute atomic E-state index is 12.3. The Bertz CT molecular complexity index is 919. The van der Waals surface area contributed by atoms with Crippen LogP contribution in [0.4, 0.5) is 5.69 Å². The summed E-state index contributed by atoms with van der Waals surface area (Å²) in [6.07, 6.45) is 3.98. The van der Waals surface area contributed by atoms with E-state index in [9.17, 15) is 13.2 Å². The van der Waals surface area contributed by atoms with Crippen LogP contribution < -0.4 is 14.8 Å². The number of halogens is 2. The van der Waals surface area contributed by atoms with E-state index in [1.54, 1.807) is 12.1 Å². The molecule has 0 aliphatic rings. The van der Waals surface area contributed by atoms with Crippen LogP contribution in [0.5, 0.6) is 5.75 Å². The van der Waals surface area contributed by atoms with Gasteiger partial charge in [-0.05, 0) is 48.9 Å². The van der Waals surface area contributed by atoms with Gasteiger partial charge < -0.3 is 10.1 Å². The molecule has 0 saturated heterocycles. The summed E-state index contributed by atoms with van der Waals surface area (Å²) in [6.45, 7) is 2.26. The average Bonchev–Trinajstić information content (AvgIpc) is 2.67. The average molecular weight is 459 g/mol. The van der Waals surface area contributed by atoms with Crippen molar-refractivity contribution in [2.45, 2.75) is 37.5 Å². The van der Waals surface area contributed by atoms with Gasteiger partial charge in [0.25, 0.3) is 5.91 Å². The molecule has 1 amide bonds. The zero-order valence-corrected chi connectivity index (χ0v) is 18.4. The second kappa shape index (κ2) is 11.4. The van der Waals surface area contributed by atoms with Gasteiger partial charge in [0.15, 0.2) is 6.61 Å². The molecule has 158 valence electrons. The molecule has 29 heavy (non-hydrogen) atoms. The standard InChI is InChI=1S/C20H24Cl2N2O4S/c1-2-3-4-5-12-23-29(26,27)17-9-7-16(8-10-17)24-20(25)14-28-19-11-6-15(21)13-18(19)22/h6-11,13,23H,2-5,12,14H2,1H3,(H,24,25). The van der Waals surface area contributed by atoms with E-state index in [1.165, 1.54) is 30.3 Å². The van der Waals surface area contributed by atoms with Crippen molar-refractivity contribution >= 4 is 44.8 Å². The molecule has 2 rings (SSSR count). The molecule has 0 radical (unpaired) electrons. The highest BCUT2D eigenvalue weighted by molar-refractivity contribution is 7.89. The number of hydrogen-bond donors (Lipinski definition) is 2. The van der Waals surface area contributed by atoms with Crippen molar-refractivity contribution < 1.29 is 17.9 Å². The minimum Gasteiger partial charge on any atom is -0.482 e. The van der Waals surface area contributed by atoms with Crippen LogP contribution in [-0.2, 0) is 14.8 Å². The van der Waals surface area contributed by atoms with Gasteiger partial charge in [-0.15, -0.1) is 0 Å². The van der Waals surface area contributed by atoms with Crippen molar-refractivity contribution in [3.05, 3.63) is 52.5 Å². The van der Waals surface area contributed by atoms with Crippen LogP contribution in [0.25, 0.3) is 0 Å². The Labute approximate surface area is 181 Å². The summed E-state index contributed by atoms with van der Waals surface area (Å²) >= 11 is 11.8. The molecule has 0 heterocycles. The molecule has 2 aromatic carbocycles. The minimum atomic E-state index is -3.56. The normalized spacial score (nSPS) is 11.3. The van der Waals surface area contributed by atoms with E-state index in [0.717, 1.165) is 25.7 Å². The van der Waals surface area contributed by atoms with Gasteiger partial charge in [0.05, 0.1) is 9.92 Å². The van der Waals surface area contributed by atoms with Crippen LogP contribution in [0.3, 0.4) is 0 Å². The molecule has 0 fully saturated rings. The fraction of sp³-hybridized carbons (Fsp3) is 0.350. The fourth-order valence-electron chi connectivity index (χ4n) is 2.49. The number of carbonyl (C=O) groups excluding carboxylic acids is 1. The van der Waals surface area contributed by atoms with Crippen LogP contribution in [0.15, 0.2) is 47.4 Å². The zero-order chi connectivity index (χ0) is 21.3. The Morgan fingerprint density at radius 2 is 1.76 bits per heavy atom. The number of hydrogen-bond acceptors (Lipinski definition) is 4. The molecular weight excluding hydrogens is 435 g/mol. The Morgan fingerprint density at radius 1 is 1.03 bits per heavy atom. The van der Waals surface area contributed by atoms with Crippen LogP contribution in [0, 0.1) is 0 Å². The van der Waals surface area contributed by atoms with Crippen molar-refractivity contribution in [1.29, 1.82) is 0 Å². The van der Waals surface area contributed by atoms with Gasteiger partial charge in [-0.1, -0.05) is 49.4 Å². The van der Waals surface area contributed by atoms with Crippen LogP contribution in [0.2, 0.25) is 10.0 Å². The summed E-state index contributed by atoms with van der Waals surface area (Å²) < 4.78 is 32.5. The van der Waals surface area contributed by atoms with Crippen LogP contribution >= 0.6 is 23.2 Å². The molecule has 9 heteroatoms. The highest BCUT2D eigenvalue weighted by Crippen LogP contribution is 2.27. The largest absolute Gasteiger partial charge is 0.482 e. The lowest BCUT2D eigenvalue weighted by molar-refractivity contribution is -0.118. The molecule has 0 aromatic heterocycles. The number of unbranched alkanes of at least 4 members (excludes halogenated alkanes) is 3. The monoisotopic (exact) mass is 458 g/mol. The van der Waals surface area contributed by atoms with Crippen molar-refractivity contribution in [2.24, 2.45) is 0 Å². The summed E-state index contributed by atoms with van der Waals surface area (Å²) in [5.41, 5.74) is 0.461. The highest BCUT2D eigenvalue weighted by atomic mass is 35.5. The summed E-state index contributed by atoms with van der Waals surface area (Å²) in [6, 6.07) is 10.7. The van der Waals surface area contributed by atoms with Gasteiger partial charge >= 0.3 is 0 Å². The predicted molar refractivity (Wildman–Crippen MR) is 116 cm³/mol. The number of carbonyl (C=O) groups is 1. The van der Waals surface area contributed by atoms with E-state index in [0.29, 0.717) is 28.0 Å². The third-order valence-corrected chi connectivity index (χ3v) is 6.03. The number of benzene rings is 2. The SMILES string of the molecule is CCCCCCNS(=O)(=O)c1ccc(NC(=O)COc2ccc(Cl)cc2Cl)cc1. The number of ether oxygens (including phenoxy) is 1. The molecule has 0 saturated carbocycles. The smallest absolute Gasteiger partial charge is 0.262 e. The quantitative estimate of drug-likeness (QED) is 0.470. The molecule has 0 aliphatic carbocycles. The number of rotatable bonds is 11. The predicted octanol–water partition coefficient (Wildman–Crippen LogP) is 4.87. The third-order valence-electron chi connectivity index (χ3n) is 4.02. The first-order valence-corrected chi connectivity index (χ1v) is 11.5.